The smallest absolute Gasteiger partial charge is 0.340 e. The maximum Gasteiger partial charge on any atom is 0.340 e. The van der Waals surface area contributed by atoms with Crippen molar-refractivity contribution in [2.45, 2.75) is 32.2 Å². The largest absolute Gasteiger partial charge is 0.465 e. The number of nitrogens with two attached hydrogens (primary N) is 1. The minimum atomic E-state index is -0.918. The molecule has 1 aliphatic rings. The van der Waals surface area contributed by atoms with Crippen molar-refractivity contribution < 1.29 is 19.4 Å². The maximum atomic E-state index is 13.5. The minimum Gasteiger partial charge on any atom is -0.465 e. The van der Waals surface area contributed by atoms with E-state index in [-0.39, 0.29) is 40.9 Å². The number of esters is 1. The molecule has 7 nitrogen and oxygen atoms in total. The topological polar surface area (TPSA) is 104 Å². The SMILES string of the molecule is CCCc1cc2c(c(=O)n1CCO)C(c1ccc(Cl)cc1Cl)C(C(=O)OC)=C(N)O2. The maximum absolute atomic E-state index is 13.5. The van der Waals surface area contributed by atoms with Gasteiger partial charge in [0.25, 0.3) is 5.56 Å². The van der Waals surface area contributed by atoms with Crippen LogP contribution in [0.2, 0.25) is 10.0 Å². The average Bonchev–Trinajstić information content (AvgIpc) is 2.70. The van der Waals surface area contributed by atoms with Crippen LogP contribution in [-0.2, 0) is 22.5 Å². The number of aliphatic hydroxyl groups excluding tert-OH is 1. The Kier molecular flexibility index (Phi) is 6.75. The molecule has 1 aliphatic heterocycles. The predicted octanol–water partition coefficient (Wildman–Crippen LogP) is 2.97. The first kappa shape index (κ1) is 22.2. The molecule has 0 fully saturated rings. The van der Waals surface area contributed by atoms with E-state index in [9.17, 15) is 14.7 Å². The zero-order valence-corrected chi connectivity index (χ0v) is 18.1. The summed E-state index contributed by atoms with van der Waals surface area (Å²) in [5, 5.41) is 10.2. The van der Waals surface area contributed by atoms with E-state index >= 15 is 0 Å². The van der Waals surface area contributed by atoms with Crippen LogP contribution < -0.4 is 16.0 Å². The van der Waals surface area contributed by atoms with Gasteiger partial charge in [-0.2, -0.15) is 0 Å². The van der Waals surface area contributed by atoms with Crippen LogP contribution in [0.4, 0.5) is 0 Å². The van der Waals surface area contributed by atoms with Crippen LogP contribution in [-0.4, -0.2) is 29.4 Å². The molecule has 2 aromatic rings. The third kappa shape index (κ3) is 3.93. The van der Waals surface area contributed by atoms with E-state index in [4.69, 9.17) is 38.4 Å². The fraction of sp³-hybridized carbons (Fsp3) is 0.333. The minimum absolute atomic E-state index is 0.0230. The van der Waals surface area contributed by atoms with Gasteiger partial charge in [-0.1, -0.05) is 42.6 Å². The molecule has 3 N–H and O–H groups in total. The number of ether oxygens (including phenoxy) is 2. The predicted molar refractivity (Wildman–Crippen MR) is 114 cm³/mol. The molecule has 160 valence electrons. The number of pyridine rings is 1. The molecule has 3 rings (SSSR count). The van der Waals surface area contributed by atoms with Crippen LogP contribution in [0, 0.1) is 0 Å². The van der Waals surface area contributed by atoms with Gasteiger partial charge in [0, 0.05) is 28.4 Å². The lowest BCUT2D eigenvalue weighted by molar-refractivity contribution is -0.136. The first-order chi connectivity index (χ1) is 14.3. The molecule has 0 saturated heterocycles. The number of carbonyl (C=O) groups is 1. The van der Waals surface area contributed by atoms with Crippen molar-refractivity contribution in [1.82, 2.24) is 4.57 Å². The summed E-state index contributed by atoms with van der Waals surface area (Å²) < 4.78 is 12.1. The number of fused-ring (bicyclic) bond motifs is 1. The van der Waals surface area contributed by atoms with Crippen LogP contribution in [0.1, 0.15) is 36.1 Å². The van der Waals surface area contributed by atoms with Crippen molar-refractivity contribution in [1.29, 1.82) is 0 Å². The fourth-order valence-electron chi connectivity index (χ4n) is 3.68. The van der Waals surface area contributed by atoms with E-state index < -0.39 is 17.4 Å². The van der Waals surface area contributed by atoms with Gasteiger partial charge < -0.3 is 24.9 Å². The van der Waals surface area contributed by atoms with E-state index in [1.165, 1.54) is 17.7 Å². The van der Waals surface area contributed by atoms with Gasteiger partial charge in [0.15, 0.2) is 0 Å². The van der Waals surface area contributed by atoms with Crippen molar-refractivity contribution in [3.05, 3.63) is 72.9 Å². The third-order valence-corrected chi connectivity index (χ3v) is 5.52. The Balaban J connectivity index is 2.36. The second-order valence-electron chi connectivity index (χ2n) is 6.81. The highest BCUT2D eigenvalue weighted by atomic mass is 35.5. The van der Waals surface area contributed by atoms with E-state index in [1.807, 2.05) is 6.92 Å². The summed E-state index contributed by atoms with van der Waals surface area (Å²) in [5.74, 6) is -1.56. The van der Waals surface area contributed by atoms with Crippen LogP contribution in [0.15, 0.2) is 40.5 Å². The van der Waals surface area contributed by atoms with Crippen LogP contribution in [0.3, 0.4) is 0 Å². The molecule has 1 aromatic carbocycles. The van der Waals surface area contributed by atoms with Crippen LogP contribution in [0.25, 0.3) is 0 Å². The van der Waals surface area contributed by atoms with Gasteiger partial charge in [-0.05, 0) is 24.1 Å². The van der Waals surface area contributed by atoms with Gasteiger partial charge in [0.1, 0.15) is 11.3 Å². The molecule has 0 radical (unpaired) electrons. The van der Waals surface area contributed by atoms with E-state index in [0.717, 1.165) is 6.42 Å². The Bertz CT molecular complexity index is 1080. The van der Waals surface area contributed by atoms with Gasteiger partial charge in [-0.15, -0.1) is 0 Å². The number of aromatic nitrogens is 1. The van der Waals surface area contributed by atoms with Crippen LogP contribution >= 0.6 is 23.2 Å². The molecule has 2 heterocycles. The highest BCUT2D eigenvalue weighted by molar-refractivity contribution is 6.35. The van der Waals surface area contributed by atoms with Gasteiger partial charge in [-0.3, -0.25) is 4.79 Å². The molecular formula is C21H22Cl2N2O5. The third-order valence-electron chi connectivity index (χ3n) is 4.96. The summed E-state index contributed by atoms with van der Waals surface area (Å²) in [6.45, 7) is 1.87. The molecule has 0 aliphatic carbocycles. The highest BCUT2D eigenvalue weighted by Gasteiger charge is 2.39. The standard InChI is InChI=1S/C21H22Cl2N2O5/c1-3-4-12-10-15-17(20(27)25(12)7-8-26)16(13-6-5-11(22)9-14(13)23)18(19(24)30-15)21(28)29-2/h5-6,9-10,16,26H,3-4,7-8,24H2,1-2H3. The van der Waals surface area contributed by atoms with E-state index in [0.29, 0.717) is 22.7 Å². The number of rotatable bonds is 6. The lowest BCUT2D eigenvalue weighted by atomic mass is 9.83. The molecule has 0 spiro atoms. The summed E-state index contributed by atoms with van der Waals surface area (Å²) in [5.41, 5.74) is 7.03. The fourth-order valence-corrected chi connectivity index (χ4v) is 4.20. The Morgan fingerprint density at radius 1 is 1.33 bits per heavy atom. The summed E-state index contributed by atoms with van der Waals surface area (Å²) in [4.78, 5) is 26.1. The Morgan fingerprint density at radius 3 is 2.67 bits per heavy atom. The van der Waals surface area contributed by atoms with Crippen molar-refractivity contribution in [2.75, 3.05) is 13.7 Å². The molecule has 30 heavy (non-hydrogen) atoms. The monoisotopic (exact) mass is 452 g/mol. The molecule has 0 amide bonds. The zero-order valence-electron chi connectivity index (χ0n) is 16.6. The number of nitrogens with zero attached hydrogens (tertiary/aromatic N) is 1. The molecular weight excluding hydrogens is 431 g/mol. The van der Waals surface area contributed by atoms with E-state index in [1.54, 1.807) is 18.2 Å². The Morgan fingerprint density at radius 2 is 2.07 bits per heavy atom. The molecule has 1 aromatic heterocycles. The number of benzene rings is 1. The summed E-state index contributed by atoms with van der Waals surface area (Å²) >= 11 is 12.5. The average molecular weight is 453 g/mol. The number of hydrogen-bond donors (Lipinski definition) is 2. The van der Waals surface area contributed by atoms with Gasteiger partial charge in [-0.25, -0.2) is 4.79 Å². The summed E-state index contributed by atoms with van der Waals surface area (Å²) in [6.07, 6.45) is 1.39. The second kappa shape index (κ2) is 9.12. The van der Waals surface area contributed by atoms with Crippen molar-refractivity contribution in [3.63, 3.8) is 0 Å². The lowest BCUT2D eigenvalue weighted by Crippen LogP contribution is -2.36. The first-order valence-electron chi connectivity index (χ1n) is 9.42. The summed E-state index contributed by atoms with van der Waals surface area (Å²) in [6, 6.07) is 6.49. The molecule has 9 heteroatoms. The second-order valence-corrected chi connectivity index (χ2v) is 7.66. The number of hydrogen-bond acceptors (Lipinski definition) is 6. The van der Waals surface area contributed by atoms with Gasteiger partial charge >= 0.3 is 5.97 Å². The molecule has 0 bridgehead atoms. The number of aliphatic hydroxyl groups is 1. The normalized spacial score (nSPS) is 15.6. The number of carbonyl (C=O) groups excluding carboxylic acids is 1. The lowest BCUT2D eigenvalue weighted by Gasteiger charge is -2.29. The zero-order chi connectivity index (χ0) is 22.0. The summed E-state index contributed by atoms with van der Waals surface area (Å²) in [7, 11) is 1.22. The van der Waals surface area contributed by atoms with Gasteiger partial charge in [0.05, 0.1) is 25.2 Å². The number of halogens is 2. The molecule has 1 unspecified atom stereocenters. The van der Waals surface area contributed by atoms with Crippen molar-refractivity contribution >= 4 is 29.2 Å². The van der Waals surface area contributed by atoms with Crippen molar-refractivity contribution in [3.8, 4) is 5.75 Å². The highest BCUT2D eigenvalue weighted by Crippen LogP contribution is 2.44. The van der Waals surface area contributed by atoms with E-state index in [2.05, 4.69) is 0 Å². The first-order valence-corrected chi connectivity index (χ1v) is 10.2. The quantitative estimate of drug-likeness (QED) is 0.652. The number of methoxy groups -OCH3 is 1. The molecule has 0 saturated carbocycles. The number of aryl methyl sites for hydroxylation is 1. The van der Waals surface area contributed by atoms with Crippen LogP contribution in [0.5, 0.6) is 5.75 Å². The Hall–Kier alpha value is -2.48. The molecule has 1 atom stereocenters. The Labute approximate surface area is 183 Å². The van der Waals surface area contributed by atoms with Gasteiger partial charge in [0.2, 0.25) is 5.88 Å². The van der Waals surface area contributed by atoms with Crippen molar-refractivity contribution in [2.24, 2.45) is 5.73 Å².